The van der Waals surface area contributed by atoms with Crippen LogP contribution in [-0.4, -0.2) is 31.9 Å². The number of halogens is 1. The molecule has 1 heterocycles. The minimum absolute atomic E-state index is 0.156. The van der Waals surface area contributed by atoms with Gasteiger partial charge in [-0.15, -0.1) is 0 Å². The molecule has 1 aliphatic rings. The Morgan fingerprint density at radius 3 is 2.71 bits per heavy atom. The molecule has 0 unspecified atom stereocenters. The Morgan fingerprint density at radius 2 is 2.18 bits per heavy atom. The molecular formula is C11H15FN2O2S. The van der Waals surface area contributed by atoms with E-state index in [2.05, 4.69) is 0 Å². The maximum Gasteiger partial charge on any atom is 0.246 e. The summed E-state index contributed by atoms with van der Waals surface area (Å²) in [5.74, 6) is -0.703. The highest BCUT2D eigenvalue weighted by atomic mass is 32.2. The lowest BCUT2D eigenvalue weighted by Gasteiger charge is -2.17. The third-order valence-corrected chi connectivity index (χ3v) is 4.99. The molecule has 94 valence electrons. The molecule has 1 saturated heterocycles. The molecule has 17 heavy (non-hydrogen) atoms. The van der Waals surface area contributed by atoms with Crippen molar-refractivity contribution in [2.45, 2.75) is 24.3 Å². The molecule has 0 bridgehead atoms. The molecule has 1 aromatic carbocycles. The van der Waals surface area contributed by atoms with E-state index in [0.717, 1.165) is 6.07 Å². The third-order valence-electron chi connectivity index (χ3n) is 2.95. The zero-order chi connectivity index (χ0) is 12.6. The van der Waals surface area contributed by atoms with Crippen molar-refractivity contribution in [1.29, 1.82) is 0 Å². The molecular weight excluding hydrogens is 243 g/mol. The van der Waals surface area contributed by atoms with Crippen LogP contribution < -0.4 is 5.73 Å². The first-order valence-electron chi connectivity index (χ1n) is 5.44. The highest BCUT2D eigenvalue weighted by Gasteiger charge is 2.33. The quantitative estimate of drug-likeness (QED) is 0.855. The molecule has 0 amide bonds. The second kappa shape index (κ2) is 4.36. The van der Waals surface area contributed by atoms with Crippen molar-refractivity contribution < 1.29 is 12.8 Å². The van der Waals surface area contributed by atoms with E-state index in [9.17, 15) is 12.8 Å². The molecule has 1 aliphatic heterocycles. The van der Waals surface area contributed by atoms with Gasteiger partial charge in [0.2, 0.25) is 10.0 Å². The first kappa shape index (κ1) is 12.5. The number of hydrogen-bond donors (Lipinski definition) is 1. The lowest BCUT2D eigenvalue weighted by atomic mass is 10.2. The molecule has 1 fully saturated rings. The lowest BCUT2D eigenvalue weighted by Crippen LogP contribution is -2.32. The van der Waals surface area contributed by atoms with Gasteiger partial charge in [-0.25, -0.2) is 12.8 Å². The number of sulfonamides is 1. The number of nitrogens with two attached hydrogens (primary N) is 1. The van der Waals surface area contributed by atoms with Crippen molar-refractivity contribution >= 4 is 10.0 Å². The molecule has 6 heteroatoms. The predicted molar refractivity (Wildman–Crippen MR) is 62.5 cm³/mol. The van der Waals surface area contributed by atoms with Crippen LogP contribution in [0.5, 0.6) is 0 Å². The zero-order valence-corrected chi connectivity index (χ0v) is 10.4. The van der Waals surface area contributed by atoms with E-state index in [-0.39, 0.29) is 17.5 Å². The fourth-order valence-corrected chi connectivity index (χ4v) is 3.83. The van der Waals surface area contributed by atoms with Gasteiger partial charge in [0.25, 0.3) is 0 Å². The van der Waals surface area contributed by atoms with Crippen LogP contribution in [0.3, 0.4) is 0 Å². The van der Waals surface area contributed by atoms with Crippen LogP contribution in [0.4, 0.5) is 4.39 Å². The van der Waals surface area contributed by atoms with Gasteiger partial charge < -0.3 is 5.73 Å². The largest absolute Gasteiger partial charge is 0.326 e. The van der Waals surface area contributed by atoms with E-state index < -0.39 is 15.8 Å². The fraction of sp³-hybridized carbons (Fsp3) is 0.455. The number of aryl methyl sites for hydroxylation is 1. The van der Waals surface area contributed by atoms with Gasteiger partial charge in [0.1, 0.15) is 10.7 Å². The van der Waals surface area contributed by atoms with E-state index in [4.69, 9.17) is 5.73 Å². The summed E-state index contributed by atoms with van der Waals surface area (Å²) in [5.41, 5.74) is 6.10. The van der Waals surface area contributed by atoms with Gasteiger partial charge in [-0.1, -0.05) is 12.1 Å². The molecule has 4 nitrogen and oxygen atoms in total. The van der Waals surface area contributed by atoms with Crippen molar-refractivity contribution in [2.75, 3.05) is 13.1 Å². The Balaban J connectivity index is 2.45. The molecule has 0 saturated carbocycles. The van der Waals surface area contributed by atoms with Crippen LogP contribution in [-0.2, 0) is 10.0 Å². The molecule has 0 aliphatic carbocycles. The Labute approximate surface area is 100 Å². The van der Waals surface area contributed by atoms with Crippen molar-refractivity contribution in [3.05, 3.63) is 29.6 Å². The Morgan fingerprint density at radius 1 is 1.47 bits per heavy atom. The summed E-state index contributed by atoms with van der Waals surface area (Å²) < 4.78 is 39.4. The predicted octanol–water partition coefficient (Wildman–Crippen LogP) is 0.856. The normalized spacial score (nSPS) is 21.9. The summed E-state index contributed by atoms with van der Waals surface area (Å²) in [6, 6.07) is 4.10. The molecule has 0 aromatic heterocycles. The highest BCUT2D eigenvalue weighted by Crippen LogP contribution is 2.25. The Hall–Kier alpha value is -0.980. The second-order valence-corrected chi connectivity index (χ2v) is 6.17. The number of nitrogens with zero attached hydrogens (tertiary/aromatic N) is 1. The van der Waals surface area contributed by atoms with Crippen molar-refractivity contribution in [1.82, 2.24) is 4.31 Å². The van der Waals surface area contributed by atoms with Crippen LogP contribution in [0.2, 0.25) is 0 Å². The molecule has 2 rings (SSSR count). The van der Waals surface area contributed by atoms with Gasteiger partial charge >= 0.3 is 0 Å². The molecule has 2 N–H and O–H groups in total. The molecule has 0 radical (unpaired) electrons. The minimum atomic E-state index is -3.75. The first-order chi connectivity index (χ1) is 7.93. The SMILES string of the molecule is Cc1cccc(F)c1S(=O)(=O)N1CC[C@@H](N)C1. The summed E-state index contributed by atoms with van der Waals surface area (Å²) in [7, 11) is -3.75. The summed E-state index contributed by atoms with van der Waals surface area (Å²) in [6.45, 7) is 2.21. The fourth-order valence-electron chi connectivity index (χ4n) is 2.04. The van der Waals surface area contributed by atoms with Crippen LogP contribution >= 0.6 is 0 Å². The van der Waals surface area contributed by atoms with Crippen LogP contribution in [0.15, 0.2) is 23.1 Å². The summed E-state index contributed by atoms with van der Waals surface area (Å²) >= 11 is 0. The van der Waals surface area contributed by atoms with Crippen molar-refractivity contribution in [3.8, 4) is 0 Å². The Kier molecular flexibility index (Phi) is 3.20. The monoisotopic (exact) mass is 258 g/mol. The standard InChI is InChI=1S/C11H15FN2O2S/c1-8-3-2-4-10(12)11(8)17(15,16)14-6-5-9(13)7-14/h2-4,9H,5-7,13H2,1H3/t9-/m1/s1. The average Bonchev–Trinajstić information content (AvgIpc) is 2.64. The third kappa shape index (κ3) is 2.20. The molecule has 1 atom stereocenters. The van der Waals surface area contributed by atoms with Gasteiger partial charge in [0, 0.05) is 19.1 Å². The zero-order valence-electron chi connectivity index (χ0n) is 9.56. The molecule has 0 spiro atoms. The van der Waals surface area contributed by atoms with Gasteiger partial charge in [0.15, 0.2) is 0 Å². The maximum atomic E-state index is 13.7. The number of rotatable bonds is 2. The van der Waals surface area contributed by atoms with Gasteiger partial charge in [-0.2, -0.15) is 4.31 Å². The van der Waals surface area contributed by atoms with E-state index in [1.807, 2.05) is 0 Å². The van der Waals surface area contributed by atoms with Crippen LogP contribution in [0.25, 0.3) is 0 Å². The van der Waals surface area contributed by atoms with Gasteiger partial charge in [0.05, 0.1) is 0 Å². The highest BCUT2D eigenvalue weighted by molar-refractivity contribution is 7.89. The lowest BCUT2D eigenvalue weighted by molar-refractivity contribution is 0.464. The molecule has 1 aromatic rings. The summed E-state index contributed by atoms with van der Waals surface area (Å²) in [5, 5.41) is 0. The van der Waals surface area contributed by atoms with E-state index >= 15 is 0 Å². The van der Waals surface area contributed by atoms with E-state index in [1.54, 1.807) is 13.0 Å². The van der Waals surface area contributed by atoms with Crippen LogP contribution in [0, 0.1) is 12.7 Å². The van der Waals surface area contributed by atoms with Crippen LogP contribution in [0.1, 0.15) is 12.0 Å². The number of benzene rings is 1. The summed E-state index contributed by atoms with van der Waals surface area (Å²) in [6.07, 6.45) is 0.618. The van der Waals surface area contributed by atoms with Crippen molar-refractivity contribution in [3.63, 3.8) is 0 Å². The smallest absolute Gasteiger partial charge is 0.246 e. The maximum absolute atomic E-state index is 13.7. The van der Waals surface area contributed by atoms with Crippen molar-refractivity contribution in [2.24, 2.45) is 5.73 Å². The van der Waals surface area contributed by atoms with Gasteiger partial charge in [-0.05, 0) is 25.0 Å². The number of hydrogen-bond acceptors (Lipinski definition) is 3. The second-order valence-electron chi connectivity index (χ2n) is 4.30. The average molecular weight is 258 g/mol. The summed E-state index contributed by atoms with van der Waals surface area (Å²) in [4.78, 5) is -0.228. The van der Waals surface area contributed by atoms with Gasteiger partial charge in [-0.3, -0.25) is 0 Å². The topological polar surface area (TPSA) is 63.4 Å². The minimum Gasteiger partial charge on any atom is -0.326 e. The first-order valence-corrected chi connectivity index (χ1v) is 6.88. The Bertz CT molecular complexity index is 510. The van der Waals surface area contributed by atoms with E-state index in [0.29, 0.717) is 18.5 Å². The van der Waals surface area contributed by atoms with E-state index in [1.165, 1.54) is 10.4 Å².